The molecule has 0 N–H and O–H groups in total. The van der Waals surface area contributed by atoms with E-state index in [1.54, 1.807) is 0 Å². The highest BCUT2D eigenvalue weighted by atomic mass is 16.5. The Kier molecular flexibility index (Phi) is 4.40. The number of rotatable bonds is 3. The van der Waals surface area contributed by atoms with Gasteiger partial charge in [0.1, 0.15) is 11.5 Å². The van der Waals surface area contributed by atoms with Gasteiger partial charge in [0.2, 0.25) is 0 Å². The van der Waals surface area contributed by atoms with Crippen molar-refractivity contribution in [1.29, 1.82) is 0 Å². The number of benzene rings is 6. The Morgan fingerprint density at radius 1 is 0.438 bits per heavy atom. The molecule has 1 heteroatoms. The van der Waals surface area contributed by atoms with E-state index in [2.05, 4.69) is 122 Å². The topological polar surface area (TPSA) is 9.23 Å². The zero-order chi connectivity index (χ0) is 21.5. The van der Waals surface area contributed by atoms with Gasteiger partial charge in [-0.15, -0.1) is 0 Å². The van der Waals surface area contributed by atoms with Gasteiger partial charge in [-0.3, -0.25) is 0 Å². The van der Waals surface area contributed by atoms with Crippen LogP contribution in [0.5, 0.6) is 11.5 Å². The highest BCUT2D eigenvalue weighted by Gasteiger charge is 2.17. The Labute approximate surface area is 187 Å². The molecule has 32 heavy (non-hydrogen) atoms. The van der Waals surface area contributed by atoms with Crippen molar-refractivity contribution in [1.82, 2.24) is 0 Å². The summed E-state index contributed by atoms with van der Waals surface area (Å²) in [6.45, 7) is 2.14. The first-order chi connectivity index (χ1) is 15.8. The summed E-state index contributed by atoms with van der Waals surface area (Å²) >= 11 is 0. The molecule has 0 aliphatic carbocycles. The van der Waals surface area contributed by atoms with Gasteiger partial charge in [0.25, 0.3) is 0 Å². The van der Waals surface area contributed by atoms with Crippen LogP contribution in [0.3, 0.4) is 0 Å². The minimum atomic E-state index is 0.883. The molecule has 0 saturated heterocycles. The van der Waals surface area contributed by atoms with Gasteiger partial charge in [0.05, 0.1) is 0 Å². The summed E-state index contributed by atoms with van der Waals surface area (Å²) in [6, 6.07) is 40.4. The Morgan fingerprint density at radius 2 is 0.938 bits per heavy atom. The van der Waals surface area contributed by atoms with E-state index in [0.717, 1.165) is 27.7 Å². The predicted octanol–water partition coefficient (Wildman–Crippen LogP) is 8.91. The Hall–Kier alpha value is -4.10. The molecule has 0 bridgehead atoms. The summed E-state index contributed by atoms with van der Waals surface area (Å²) in [6.07, 6.45) is 0. The molecular weight excluding hydrogens is 388 g/mol. The summed E-state index contributed by atoms with van der Waals surface area (Å²) in [4.78, 5) is 0. The van der Waals surface area contributed by atoms with E-state index in [-0.39, 0.29) is 0 Å². The summed E-state index contributed by atoms with van der Waals surface area (Å²) in [7, 11) is 0. The second-order valence-corrected chi connectivity index (χ2v) is 8.19. The first-order valence-corrected chi connectivity index (χ1v) is 11.0. The molecule has 0 fully saturated rings. The highest BCUT2D eigenvalue weighted by molar-refractivity contribution is 6.17. The van der Waals surface area contributed by atoms with Crippen LogP contribution >= 0.6 is 0 Å². The summed E-state index contributed by atoms with van der Waals surface area (Å²) in [5.74, 6) is 1.79. The van der Waals surface area contributed by atoms with Gasteiger partial charge in [-0.2, -0.15) is 0 Å². The molecule has 0 atom stereocenters. The van der Waals surface area contributed by atoms with Crippen molar-refractivity contribution in [3.8, 4) is 22.6 Å². The number of aryl methyl sites for hydroxylation is 1. The Balaban J connectivity index is 1.68. The fourth-order valence-corrected chi connectivity index (χ4v) is 4.74. The molecule has 6 aromatic rings. The van der Waals surface area contributed by atoms with Crippen LogP contribution in [0.25, 0.3) is 43.4 Å². The van der Waals surface area contributed by atoms with Gasteiger partial charge in [0.15, 0.2) is 0 Å². The lowest BCUT2D eigenvalue weighted by Crippen LogP contribution is -1.93. The van der Waals surface area contributed by atoms with E-state index in [1.165, 1.54) is 32.8 Å². The van der Waals surface area contributed by atoms with E-state index in [4.69, 9.17) is 4.74 Å². The molecule has 0 aliphatic rings. The molecule has 152 valence electrons. The molecule has 0 aliphatic heterocycles. The summed E-state index contributed by atoms with van der Waals surface area (Å²) in [5.41, 5.74) is 3.72. The lowest BCUT2D eigenvalue weighted by Gasteiger charge is -2.18. The lowest BCUT2D eigenvalue weighted by atomic mass is 9.91. The van der Waals surface area contributed by atoms with Crippen LogP contribution in [0.1, 0.15) is 5.56 Å². The molecule has 0 amide bonds. The molecular formula is C31H22O. The van der Waals surface area contributed by atoms with Crippen LogP contribution in [0.2, 0.25) is 0 Å². The zero-order valence-corrected chi connectivity index (χ0v) is 17.9. The third kappa shape index (κ3) is 2.94. The molecule has 0 spiro atoms. The molecule has 0 aromatic heterocycles. The molecule has 0 unspecified atom stereocenters. The van der Waals surface area contributed by atoms with Crippen molar-refractivity contribution in [2.45, 2.75) is 6.92 Å². The highest BCUT2D eigenvalue weighted by Crippen LogP contribution is 2.45. The molecule has 0 radical (unpaired) electrons. The van der Waals surface area contributed by atoms with Crippen LogP contribution in [0.4, 0.5) is 0 Å². The quantitative estimate of drug-likeness (QED) is 0.265. The van der Waals surface area contributed by atoms with Gasteiger partial charge >= 0.3 is 0 Å². The van der Waals surface area contributed by atoms with Gasteiger partial charge in [-0.1, -0.05) is 109 Å². The van der Waals surface area contributed by atoms with Gasteiger partial charge in [-0.25, -0.2) is 0 Å². The summed E-state index contributed by atoms with van der Waals surface area (Å²) < 4.78 is 6.76. The molecule has 0 saturated carbocycles. The largest absolute Gasteiger partial charge is 0.455 e. The zero-order valence-electron chi connectivity index (χ0n) is 17.9. The van der Waals surface area contributed by atoms with Crippen LogP contribution in [0.15, 0.2) is 115 Å². The fraction of sp³-hybridized carbons (Fsp3) is 0.0323. The number of fused-ring (bicyclic) bond motifs is 3. The van der Waals surface area contributed by atoms with Crippen LogP contribution < -0.4 is 4.74 Å². The minimum absolute atomic E-state index is 0.883. The third-order valence-corrected chi connectivity index (χ3v) is 6.26. The second-order valence-electron chi connectivity index (χ2n) is 8.19. The van der Waals surface area contributed by atoms with Crippen molar-refractivity contribution in [3.63, 3.8) is 0 Å². The maximum atomic E-state index is 6.76. The van der Waals surface area contributed by atoms with Gasteiger partial charge < -0.3 is 4.74 Å². The average molecular weight is 411 g/mol. The second kappa shape index (κ2) is 7.55. The minimum Gasteiger partial charge on any atom is -0.455 e. The maximum absolute atomic E-state index is 6.76. The molecule has 6 aromatic carbocycles. The van der Waals surface area contributed by atoms with Crippen LogP contribution in [0, 0.1) is 6.92 Å². The fourth-order valence-electron chi connectivity index (χ4n) is 4.74. The maximum Gasteiger partial charge on any atom is 0.143 e. The van der Waals surface area contributed by atoms with Crippen molar-refractivity contribution in [2.75, 3.05) is 0 Å². The van der Waals surface area contributed by atoms with E-state index >= 15 is 0 Å². The van der Waals surface area contributed by atoms with Gasteiger partial charge in [-0.05, 0) is 45.8 Å². The van der Waals surface area contributed by atoms with Crippen molar-refractivity contribution < 1.29 is 4.74 Å². The number of ether oxygens (including phenoxy) is 1. The smallest absolute Gasteiger partial charge is 0.143 e. The number of hydrogen-bond donors (Lipinski definition) is 0. The Bertz CT molecular complexity index is 1540. The van der Waals surface area contributed by atoms with Gasteiger partial charge in [0, 0.05) is 16.2 Å². The number of hydrogen-bond acceptors (Lipinski definition) is 1. The van der Waals surface area contributed by atoms with Crippen LogP contribution in [-0.2, 0) is 0 Å². The van der Waals surface area contributed by atoms with Crippen molar-refractivity contribution >= 4 is 32.3 Å². The monoisotopic (exact) mass is 410 g/mol. The lowest BCUT2D eigenvalue weighted by molar-refractivity contribution is 0.499. The van der Waals surface area contributed by atoms with E-state index in [9.17, 15) is 0 Å². The Morgan fingerprint density at radius 3 is 1.56 bits per heavy atom. The standard InChI is InChI=1S/C31H22O/c1-21-19-20-29(24-14-6-5-13-23(21)24)32-31-27-17-9-7-15-25(27)30(22-11-3-2-4-12-22)26-16-8-10-18-28(26)31/h2-20H,1H3. The predicted molar refractivity (Wildman–Crippen MR) is 136 cm³/mol. The van der Waals surface area contributed by atoms with Crippen molar-refractivity contribution in [3.05, 3.63) is 121 Å². The van der Waals surface area contributed by atoms with Crippen molar-refractivity contribution in [2.24, 2.45) is 0 Å². The van der Waals surface area contributed by atoms with Crippen LogP contribution in [-0.4, -0.2) is 0 Å². The SMILES string of the molecule is Cc1ccc(Oc2c3ccccc3c(-c3ccccc3)c3ccccc23)c2ccccc12. The van der Waals surface area contributed by atoms with E-state index in [0.29, 0.717) is 0 Å². The average Bonchev–Trinajstić information content (AvgIpc) is 2.86. The normalized spacial score (nSPS) is 11.3. The summed E-state index contributed by atoms with van der Waals surface area (Å²) in [5, 5.41) is 6.99. The molecule has 0 heterocycles. The van der Waals surface area contributed by atoms with E-state index in [1.807, 2.05) is 0 Å². The van der Waals surface area contributed by atoms with E-state index < -0.39 is 0 Å². The third-order valence-electron chi connectivity index (χ3n) is 6.26. The molecule has 1 nitrogen and oxygen atoms in total. The first-order valence-electron chi connectivity index (χ1n) is 11.0. The molecule has 6 rings (SSSR count). The first kappa shape index (κ1) is 18.7.